The van der Waals surface area contributed by atoms with E-state index in [4.69, 9.17) is 21.4 Å². The topological polar surface area (TPSA) is 70.6 Å². The molecule has 2 aromatic rings. The highest BCUT2D eigenvalue weighted by Crippen LogP contribution is 2.22. The first-order chi connectivity index (χ1) is 11.6. The van der Waals surface area contributed by atoms with Gasteiger partial charge in [-0.15, -0.1) is 0 Å². The number of aliphatic hydroxyl groups excluding tert-OH is 1. The SMILES string of the molecule is COCc1ccccc1CNC(=O)CNc1cc(CO)ccc1Cl. The van der Waals surface area contributed by atoms with E-state index >= 15 is 0 Å². The Labute approximate surface area is 146 Å². The summed E-state index contributed by atoms with van der Waals surface area (Å²) in [7, 11) is 1.64. The second-order valence-electron chi connectivity index (χ2n) is 5.30. The maximum Gasteiger partial charge on any atom is 0.239 e. The summed E-state index contributed by atoms with van der Waals surface area (Å²) in [6.07, 6.45) is 0. The zero-order valence-electron chi connectivity index (χ0n) is 13.5. The van der Waals surface area contributed by atoms with Crippen molar-refractivity contribution in [1.82, 2.24) is 5.32 Å². The van der Waals surface area contributed by atoms with Crippen LogP contribution < -0.4 is 10.6 Å². The van der Waals surface area contributed by atoms with Gasteiger partial charge in [-0.2, -0.15) is 0 Å². The summed E-state index contributed by atoms with van der Waals surface area (Å²) in [6, 6.07) is 13.0. The van der Waals surface area contributed by atoms with Crippen LogP contribution in [-0.2, 0) is 29.3 Å². The number of hydrogen-bond donors (Lipinski definition) is 3. The van der Waals surface area contributed by atoms with E-state index in [-0.39, 0.29) is 19.1 Å². The normalized spacial score (nSPS) is 10.5. The maximum atomic E-state index is 12.0. The van der Waals surface area contributed by atoms with Gasteiger partial charge in [0, 0.05) is 13.7 Å². The maximum absolute atomic E-state index is 12.0. The molecule has 0 aromatic heterocycles. The number of ether oxygens (including phenoxy) is 1. The van der Waals surface area contributed by atoms with Gasteiger partial charge in [-0.05, 0) is 28.8 Å². The molecule has 128 valence electrons. The van der Waals surface area contributed by atoms with Gasteiger partial charge < -0.3 is 20.5 Å². The van der Waals surface area contributed by atoms with E-state index < -0.39 is 0 Å². The molecule has 5 nitrogen and oxygen atoms in total. The van der Waals surface area contributed by atoms with Crippen LogP contribution in [0.3, 0.4) is 0 Å². The number of halogens is 1. The van der Waals surface area contributed by atoms with Crippen LogP contribution in [-0.4, -0.2) is 24.7 Å². The minimum absolute atomic E-state index is 0.0751. The van der Waals surface area contributed by atoms with Gasteiger partial charge in [0.1, 0.15) is 0 Å². The fourth-order valence-corrected chi connectivity index (χ4v) is 2.45. The molecule has 0 heterocycles. The zero-order chi connectivity index (χ0) is 17.4. The predicted octanol–water partition coefficient (Wildman–Crippen LogP) is 2.71. The monoisotopic (exact) mass is 348 g/mol. The molecule has 0 aliphatic carbocycles. The summed E-state index contributed by atoms with van der Waals surface area (Å²) in [5.74, 6) is -0.146. The average Bonchev–Trinajstić information content (AvgIpc) is 2.60. The smallest absolute Gasteiger partial charge is 0.239 e. The van der Waals surface area contributed by atoms with Gasteiger partial charge in [0.25, 0.3) is 0 Å². The highest BCUT2D eigenvalue weighted by atomic mass is 35.5. The molecule has 1 amide bonds. The van der Waals surface area contributed by atoms with E-state index in [1.54, 1.807) is 25.3 Å². The summed E-state index contributed by atoms with van der Waals surface area (Å²) in [5, 5.41) is 15.5. The molecular formula is C18H21ClN2O3. The minimum atomic E-state index is -0.146. The van der Waals surface area contributed by atoms with Gasteiger partial charge in [-0.25, -0.2) is 0 Å². The van der Waals surface area contributed by atoms with Gasteiger partial charge in [-0.1, -0.05) is 41.9 Å². The minimum Gasteiger partial charge on any atom is -0.392 e. The summed E-state index contributed by atoms with van der Waals surface area (Å²) < 4.78 is 5.16. The molecule has 0 aliphatic rings. The summed E-state index contributed by atoms with van der Waals surface area (Å²) in [4.78, 5) is 12.0. The molecule has 0 bridgehead atoms. The van der Waals surface area contributed by atoms with Crippen molar-refractivity contribution in [2.75, 3.05) is 19.0 Å². The van der Waals surface area contributed by atoms with Crippen molar-refractivity contribution < 1.29 is 14.6 Å². The molecule has 0 saturated heterocycles. The van der Waals surface area contributed by atoms with E-state index in [0.717, 1.165) is 16.7 Å². The highest BCUT2D eigenvalue weighted by molar-refractivity contribution is 6.33. The average molecular weight is 349 g/mol. The quantitative estimate of drug-likeness (QED) is 0.686. The molecule has 24 heavy (non-hydrogen) atoms. The van der Waals surface area contributed by atoms with E-state index in [1.807, 2.05) is 24.3 Å². The third-order valence-corrected chi connectivity index (χ3v) is 3.88. The summed E-state index contributed by atoms with van der Waals surface area (Å²) in [6.45, 7) is 0.966. The number of carbonyl (C=O) groups is 1. The Balaban J connectivity index is 1.88. The Morgan fingerprint density at radius 1 is 1.21 bits per heavy atom. The Morgan fingerprint density at radius 2 is 1.96 bits per heavy atom. The number of benzene rings is 2. The van der Waals surface area contributed by atoms with Gasteiger partial charge in [0.05, 0.1) is 30.5 Å². The Hall–Kier alpha value is -2.08. The summed E-state index contributed by atoms with van der Waals surface area (Å²) in [5.41, 5.74) is 3.42. The van der Waals surface area contributed by atoms with E-state index in [1.165, 1.54) is 0 Å². The highest BCUT2D eigenvalue weighted by Gasteiger charge is 2.07. The molecule has 0 radical (unpaired) electrons. The molecule has 0 spiro atoms. The molecule has 0 saturated carbocycles. The fourth-order valence-electron chi connectivity index (χ4n) is 2.26. The Bertz CT molecular complexity index is 692. The van der Waals surface area contributed by atoms with Crippen molar-refractivity contribution >= 4 is 23.2 Å². The van der Waals surface area contributed by atoms with E-state index in [0.29, 0.717) is 23.9 Å². The molecule has 3 N–H and O–H groups in total. The third-order valence-electron chi connectivity index (χ3n) is 3.55. The number of anilines is 1. The number of nitrogens with one attached hydrogen (secondary N) is 2. The van der Waals surface area contributed by atoms with Crippen molar-refractivity contribution in [2.45, 2.75) is 19.8 Å². The molecule has 0 atom stereocenters. The lowest BCUT2D eigenvalue weighted by atomic mass is 10.1. The molecule has 2 rings (SSSR count). The van der Waals surface area contributed by atoms with Gasteiger partial charge in [-0.3, -0.25) is 4.79 Å². The molecule has 2 aromatic carbocycles. The number of methoxy groups -OCH3 is 1. The lowest BCUT2D eigenvalue weighted by molar-refractivity contribution is -0.119. The van der Waals surface area contributed by atoms with Crippen molar-refractivity contribution in [3.05, 3.63) is 64.2 Å². The molecule has 0 unspecified atom stereocenters. The lowest BCUT2D eigenvalue weighted by Gasteiger charge is -2.12. The van der Waals surface area contributed by atoms with Crippen molar-refractivity contribution in [2.24, 2.45) is 0 Å². The number of amides is 1. The molecule has 6 heteroatoms. The molecular weight excluding hydrogens is 328 g/mol. The number of aliphatic hydroxyl groups is 1. The number of hydrogen-bond acceptors (Lipinski definition) is 4. The first-order valence-electron chi connectivity index (χ1n) is 7.59. The van der Waals surface area contributed by atoms with Crippen molar-refractivity contribution in [1.29, 1.82) is 0 Å². The van der Waals surface area contributed by atoms with Crippen LogP contribution in [0.2, 0.25) is 5.02 Å². The zero-order valence-corrected chi connectivity index (χ0v) is 14.3. The first kappa shape index (κ1) is 18.3. The third kappa shape index (κ3) is 5.23. The van der Waals surface area contributed by atoms with E-state index in [2.05, 4.69) is 10.6 Å². The predicted molar refractivity (Wildman–Crippen MR) is 94.9 cm³/mol. The van der Waals surface area contributed by atoms with Gasteiger partial charge in [0.15, 0.2) is 0 Å². The Morgan fingerprint density at radius 3 is 2.67 bits per heavy atom. The lowest BCUT2D eigenvalue weighted by Crippen LogP contribution is -2.29. The van der Waals surface area contributed by atoms with Gasteiger partial charge in [0.2, 0.25) is 5.91 Å². The Kier molecular flexibility index (Phi) is 7.06. The fraction of sp³-hybridized carbons (Fsp3) is 0.278. The number of rotatable bonds is 8. The van der Waals surface area contributed by atoms with Crippen LogP contribution in [0.1, 0.15) is 16.7 Å². The van der Waals surface area contributed by atoms with Crippen molar-refractivity contribution in [3.63, 3.8) is 0 Å². The standard InChI is InChI=1S/C18H21ClN2O3/c1-24-12-15-5-3-2-4-14(15)9-21-18(23)10-20-17-8-13(11-22)6-7-16(17)19/h2-8,20,22H,9-12H2,1H3,(H,21,23). The second-order valence-corrected chi connectivity index (χ2v) is 5.71. The van der Waals surface area contributed by atoms with E-state index in [9.17, 15) is 4.79 Å². The van der Waals surface area contributed by atoms with Crippen LogP contribution in [0.5, 0.6) is 0 Å². The summed E-state index contributed by atoms with van der Waals surface area (Å²) >= 11 is 6.08. The van der Waals surface area contributed by atoms with Gasteiger partial charge >= 0.3 is 0 Å². The van der Waals surface area contributed by atoms with Crippen LogP contribution in [0.4, 0.5) is 5.69 Å². The molecule has 0 fully saturated rings. The van der Waals surface area contributed by atoms with Crippen LogP contribution in [0.25, 0.3) is 0 Å². The van der Waals surface area contributed by atoms with Crippen LogP contribution in [0, 0.1) is 0 Å². The van der Waals surface area contributed by atoms with Crippen LogP contribution >= 0.6 is 11.6 Å². The number of carbonyl (C=O) groups excluding carboxylic acids is 1. The van der Waals surface area contributed by atoms with Crippen LogP contribution in [0.15, 0.2) is 42.5 Å². The first-order valence-corrected chi connectivity index (χ1v) is 7.97. The second kappa shape index (κ2) is 9.27. The van der Waals surface area contributed by atoms with Crippen molar-refractivity contribution in [3.8, 4) is 0 Å². The largest absolute Gasteiger partial charge is 0.392 e. The molecule has 0 aliphatic heterocycles.